The van der Waals surface area contributed by atoms with Gasteiger partial charge < -0.3 is 9.84 Å². The third-order valence-electron chi connectivity index (χ3n) is 2.23. The van der Waals surface area contributed by atoms with Crippen molar-refractivity contribution < 1.29 is 9.84 Å². The van der Waals surface area contributed by atoms with E-state index in [1.165, 1.54) is 19.3 Å². The molecular formula is C9H18O2. The molecule has 1 rings (SSSR count). The van der Waals surface area contributed by atoms with Gasteiger partial charge in [0.05, 0.1) is 12.2 Å². The molecule has 2 nitrogen and oxygen atoms in total. The highest BCUT2D eigenvalue weighted by Gasteiger charge is 2.32. The van der Waals surface area contributed by atoms with Crippen LogP contribution in [0.25, 0.3) is 0 Å². The van der Waals surface area contributed by atoms with E-state index in [1.807, 2.05) is 0 Å². The summed E-state index contributed by atoms with van der Waals surface area (Å²) < 4.78 is 5.27. The van der Waals surface area contributed by atoms with Crippen molar-refractivity contribution in [3.8, 4) is 0 Å². The standard InChI is InChI=1S/C9H18O2/c1-8-9(11-8)6-4-2-3-5-7-10/h8-10H,2-7H2,1H3. The molecule has 0 amide bonds. The predicted molar refractivity (Wildman–Crippen MR) is 44.5 cm³/mol. The van der Waals surface area contributed by atoms with Crippen LogP contribution in [0.1, 0.15) is 39.0 Å². The van der Waals surface area contributed by atoms with Crippen molar-refractivity contribution in [2.45, 2.75) is 51.2 Å². The number of hydrogen-bond donors (Lipinski definition) is 1. The van der Waals surface area contributed by atoms with Gasteiger partial charge in [-0.2, -0.15) is 0 Å². The highest BCUT2D eigenvalue weighted by atomic mass is 16.6. The van der Waals surface area contributed by atoms with Crippen LogP contribution in [-0.4, -0.2) is 23.9 Å². The summed E-state index contributed by atoms with van der Waals surface area (Å²) in [6.07, 6.45) is 6.92. The molecule has 1 heterocycles. The number of hydrogen-bond acceptors (Lipinski definition) is 2. The molecule has 1 N–H and O–H groups in total. The summed E-state index contributed by atoms with van der Waals surface area (Å²) in [7, 11) is 0. The van der Waals surface area contributed by atoms with E-state index in [0.717, 1.165) is 12.8 Å². The summed E-state index contributed by atoms with van der Waals surface area (Å²) in [5, 5.41) is 8.50. The van der Waals surface area contributed by atoms with Crippen molar-refractivity contribution in [1.82, 2.24) is 0 Å². The Morgan fingerprint density at radius 2 is 1.82 bits per heavy atom. The minimum atomic E-state index is 0.344. The van der Waals surface area contributed by atoms with E-state index in [4.69, 9.17) is 9.84 Å². The zero-order valence-electron chi connectivity index (χ0n) is 7.25. The van der Waals surface area contributed by atoms with Crippen LogP contribution in [0.2, 0.25) is 0 Å². The smallest absolute Gasteiger partial charge is 0.0839 e. The van der Waals surface area contributed by atoms with E-state index in [-0.39, 0.29) is 0 Å². The molecule has 1 saturated heterocycles. The largest absolute Gasteiger partial charge is 0.396 e. The molecule has 0 spiro atoms. The second kappa shape index (κ2) is 4.73. The lowest BCUT2D eigenvalue weighted by Gasteiger charge is -1.96. The number of aliphatic hydroxyl groups excluding tert-OH is 1. The molecule has 1 fully saturated rings. The van der Waals surface area contributed by atoms with Crippen LogP contribution in [0.4, 0.5) is 0 Å². The summed E-state index contributed by atoms with van der Waals surface area (Å²) in [6, 6.07) is 0. The molecule has 2 heteroatoms. The van der Waals surface area contributed by atoms with Gasteiger partial charge in [0.2, 0.25) is 0 Å². The SMILES string of the molecule is CC1OC1CCCCCCO. The summed E-state index contributed by atoms with van der Waals surface area (Å²) >= 11 is 0. The monoisotopic (exact) mass is 158 g/mol. The fraction of sp³-hybridized carbons (Fsp3) is 1.00. The third-order valence-corrected chi connectivity index (χ3v) is 2.23. The molecule has 2 atom stereocenters. The highest BCUT2D eigenvalue weighted by Crippen LogP contribution is 2.26. The summed E-state index contributed by atoms with van der Waals surface area (Å²) in [4.78, 5) is 0. The maximum atomic E-state index is 8.50. The average molecular weight is 158 g/mol. The van der Waals surface area contributed by atoms with Crippen molar-refractivity contribution in [3.63, 3.8) is 0 Å². The van der Waals surface area contributed by atoms with Gasteiger partial charge in [0.15, 0.2) is 0 Å². The van der Waals surface area contributed by atoms with E-state index in [1.54, 1.807) is 0 Å². The van der Waals surface area contributed by atoms with Gasteiger partial charge in [-0.25, -0.2) is 0 Å². The van der Waals surface area contributed by atoms with Gasteiger partial charge >= 0.3 is 0 Å². The Balaban J connectivity index is 1.74. The Kier molecular flexibility index (Phi) is 3.87. The third kappa shape index (κ3) is 3.73. The second-order valence-corrected chi connectivity index (χ2v) is 3.31. The molecule has 0 saturated carbocycles. The first-order valence-electron chi connectivity index (χ1n) is 4.61. The minimum Gasteiger partial charge on any atom is -0.396 e. The summed E-state index contributed by atoms with van der Waals surface area (Å²) in [6.45, 7) is 2.47. The molecular weight excluding hydrogens is 140 g/mol. The van der Waals surface area contributed by atoms with E-state index in [9.17, 15) is 0 Å². The van der Waals surface area contributed by atoms with Gasteiger partial charge in [0.25, 0.3) is 0 Å². The Hall–Kier alpha value is -0.0800. The fourth-order valence-corrected chi connectivity index (χ4v) is 1.34. The highest BCUT2D eigenvalue weighted by molar-refractivity contribution is 4.79. The average Bonchev–Trinajstić information content (AvgIpc) is 2.67. The van der Waals surface area contributed by atoms with E-state index in [0.29, 0.717) is 18.8 Å². The maximum Gasteiger partial charge on any atom is 0.0839 e. The van der Waals surface area contributed by atoms with Gasteiger partial charge in [0, 0.05) is 6.61 Å². The number of rotatable bonds is 6. The van der Waals surface area contributed by atoms with Crippen LogP contribution < -0.4 is 0 Å². The van der Waals surface area contributed by atoms with Gasteiger partial charge in [-0.1, -0.05) is 19.3 Å². The molecule has 0 aromatic heterocycles. The topological polar surface area (TPSA) is 32.8 Å². The van der Waals surface area contributed by atoms with Crippen molar-refractivity contribution in [2.24, 2.45) is 0 Å². The molecule has 0 aliphatic carbocycles. The van der Waals surface area contributed by atoms with Gasteiger partial charge in [-0.15, -0.1) is 0 Å². The molecule has 0 aromatic rings. The zero-order chi connectivity index (χ0) is 8.10. The van der Waals surface area contributed by atoms with Crippen LogP contribution in [0, 0.1) is 0 Å². The molecule has 1 aliphatic rings. The zero-order valence-corrected chi connectivity index (χ0v) is 7.25. The van der Waals surface area contributed by atoms with Crippen molar-refractivity contribution >= 4 is 0 Å². The van der Waals surface area contributed by atoms with E-state index >= 15 is 0 Å². The van der Waals surface area contributed by atoms with E-state index in [2.05, 4.69) is 6.92 Å². The predicted octanol–water partition coefficient (Wildman–Crippen LogP) is 1.72. The van der Waals surface area contributed by atoms with Crippen LogP contribution in [-0.2, 0) is 4.74 Å². The molecule has 66 valence electrons. The minimum absolute atomic E-state index is 0.344. The molecule has 0 bridgehead atoms. The number of unbranched alkanes of at least 4 members (excludes halogenated alkanes) is 3. The lowest BCUT2D eigenvalue weighted by Crippen LogP contribution is -1.90. The Bertz CT molecular complexity index is 104. The Labute approximate surface area is 68.6 Å². The lowest BCUT2D eigenvalue weighted by atomic mass is 10.1. The quantitative estimate of drug-likeness (QED) is 0.471. The van der Waals surface area contributed by atoms with Crippen molar-refractivity contribution in [2.75, 3.05) is 6.61 Å². The molecule has 1 aliphatic heterocycles. The Morgan fingerprint density at radius 3 is 2.36 bits per heavy atom. The first kappa shape index (κ1) is 9.01. The fourth-order valence-electron chi connectivity index (χ4n) is 1.34. The van der Waals surface area contributed by atoms with Crippen molar-refractivity contribution in [1.29, 1.82) is 0 Å². The van der Waals surface area contributed by atoms with Crippen molar-refractivity contribution in [3.05, 3.63) is 0 Å². The van der Waals surface area contributed by atoms with E-state index < -0.39 is 0 Å². The van der Waals surface area contributed by atoms with Gasteiger partial charge in [0.1, 0.15) is 0 Å². The van der Waals surface area contributed by atoms with Crippen LogP contribution >= 0.6 is 0 Å². The molecule has 0 aromatic carbocycles. The molecule has 0 radical (unpaired) electrons. The first-order valence-corrected chi connectivity index (χ1v) is 4.61. The molecule has 2 unspecified atom stereocenters. The summed E-state index contributed by atoms with van der Waals surface area (Å²) in [5.41, 5.74) is 0. The lowest BCUT2D eigenvalue weighted by molar-refractivity contribution is 0.281. The van der Waals surface area contributed by atoms with Gasteiger partial charge in [-0.05, 0) is 19.8 Å². The number of aliphatic hydroxyl groups is 1. The number of epoxide rings is 1. The van der Waals surface area contributed by atoms with Gasteiger partial charge in [-0.3, -0.25) is 0 Å². The van der Waals surface area contributed by atoms with Crippen LogP contribution in [0.15, 0.2) is 0 Å². The molecule has 11 heavy (non-hydrogen) atoms. The van der Waals surface area contributed by atoms with Crippen LogP contribution in [0.3, 0.4) is 0 Å². The normalized spacial score (nSPS) is 28.9. The van der Waals surface area contributed by atoms with Crippen LogP contribution in [0.5, 0.6) is 0 Å². The maximum absolute atomic E-state index is 8.50. The Morgan fingerprint density at radius 1 is 1.18 bits per heavy atom. The number of ether oxygens (including phenoxy) is 1. The summed E-state index contributed by atoms with van der Waals surface area (Å²) in [5.74, 6) is 0. The first-order chi connectivity index (χ1) is 5.34. The second-order valence-electron chi connectivity index (χ2n) is 3.31.